The molecule has 0 aromatic heterocycles. The monoisotopic (exact) mass is 456 g/mol. The maximum atomic E-state index is 11.9. The van der Waals surface area contributed by atoms with Crippen molar-refractivity contribution in [2.24, 2.45) is 0 Å². The molecule has 180 valence electrons. The third-order valence-corrected chi connectivity index (χ3v) is 4.46. The average molecular weight is 457 g/mol. The van der Waals surface area contributed by atoms with Crippen LogP contribution in [0.25, 0.3) is 18.2 Å². The van der Waals surface area contributed by atoms with Gasteiger partial charge in [0.05, 0.1) is 19.8 Å². The molecule has 0 bridgehead atoms. The number of hydrogen-bond donors (Lipinski definition) is 0. The van der Waals surface area contributed by atoms with Gasteiger partial charge >= 0.3 is 17.9 Å². The minimum Gasteiger partial charge on any atom is -0.463 e. The molecule has 6 nitrogen and oxygen atoms in total. The van der Waals surface area contributed by atoms with E-state index in [0.717, 1.165) is 55.2 Å². The first-order valence-corrected chi connectivity index (χ1v) is 11.7. The normalized spacial score (nSPS) is 11.4. The zero-order chi connectivity index (χ0) is 24.3. The molecule has 0 radical (unpaired) electrons. The minimum atomic E-state index is -0.416. The Balaban J connectivity index is 2.98. The molecule has 33 heavy (non-hydrogen) atoms. The molecule has 1 aromatic rings. The van der Waals surface area contributed by atoms with E-state index in [9.17, 15) is 14.4 Å². The minimum absolute atomic E-state index is 0.386. The molecule has 0 atom stereocenters. The van der Waals surface area contributed by atoms with Crippen LogP contribution in [-0.2, 0) is 28.6 Å². The highest BCUT2D eigenvalue weighted by Crippen LogP contribution is 2.16. The number of hydrogen-bond acceptors (Lipinski definition) is 6. The van der Waals surface area contributed by atoms with Gasteiger partial charge in [0.1, 0.15) is 0 Å². The lowest BCUT2D eigenvalue weighted by Gasteiger charge is -2.04. The molecule has 6 heteroatoms. The summed E-state index contributed by atoms with van der Waals surface area (Å²) in [7, 11) is 0. The van der Waals surface area contributed by atoms with Gasteiger partial charge in [-0.25, -0.2) is 14.4 Å². The zero-order valence-corrected chi connectivity index (χ0v) is 20.0. The molecular formula is C27H36O6. The van der Waals surface area contributed by atoms with Gasteiger partial charge in [0.2, 0.25) is 0 Å². The molecule has 0 fully saturated rings. The van der Waals surface area contributed by atoms with Crippen LogP contribution in [0.5, 0.6) is 0 Å². The van der Waals surface area contributed by atoms with Crippen LogP contribution in [-0.4, -0.2) is 37.7 Å². The highest BCUT2D eigenvalue weighted by molar-refractivity contribution is 5.90. The van der Waals surface area contributed by atoms with E-state index in [2.05, 4.69) is 0 Å². The standard InChI is InChI=1S/C27H36O6/c1-4-7-16-31-25(28)13-10-22-19-23(11-14-26(29)32-17-8-5-2)21-24(20-22)12-15-27(30)33-18-9-6-3/h10-15,19-21H,4-9,16-18H2,1-3H3/b13-10+,14-11+,15-12+. The molecule has 0 heterocycles. The average Bonchev–Trinajstić information content (AvgIpc) is 2.80. The van der Waals surface area contributed by atoms with Crippen LogP contribution in [0.1, 0.15) is 76.0 Å². The third-order valence-electron chi connectivity index (χ3n) is 4.46. The molecular weight excluding hydrogens is 420 g/mol. The Kier molecular flexibility index (Phi) is 14.7. The summed E-state index contributed by atoms with van der Waals surface area (Å²) in [6.07, 6.45) is 14.3. The van der Waals surface area contributed by atoms with Gasteiger partial charge in [-0.1, -0.05) is 40.0 Å². The van der Waals surface area contributed by atoms with Crippen LogP contribution in [0.4, 0.5) is 0 Å². The van der Waals surface area contributed by atoms with Crippen molar-refractivity contribution in [3.8, 4) is 0 Å². The van der Waals surface area contributed by atoms with E-state index in [-0.39, 0.29) is 0 Å². The topological polar surface area (TPSA) is 78.9 Å². The van der Waals surface area contributed by atoms with Gasteiger partial charge < -0.3 is 14.2 Å². The van der Waals surface area contributed by atoms with E-state index in [1.54, 1.807) is 18.2 Å². The van der Waals surface area contributed by atoms with Crippen LogP contribution < -0.4 is 0 Å². The summed E-state index contributed by atoms with van der Waals surface area (Å²) in [6, 6.07) is 5.47. The number of carbonyl (C=O) groups excluding carboxylic acids is 3. The summed E-state index contributed by atoms with van der Waals surface area (Å²) in [5, 5.41) is 0. The second kappa shape index (κ2) is 17.4. The Morgan fingerprint density at radius 2 is 0.848 bits per heavy atom. The fourth-order valence-corrected chi connectivity index (χ4v) is 2.58. The van der Waals surface area contributed by atoms with Crippen LogP contribution in [0.2, 0.25) is 0 Å². The quantitative estimate of drug-likeness (QED) is 0.145. The second-order valence-electron chi connectivity index (χ2n) is 7.50. The largest absolute Gasteiger partial charge is 0.463 e. The first-order chi connectivity index (χ1) is 16.0. The maximum Gasteiger partial charge on any atom is 0.330 e. The number of ether oxygens (including phenoxy) is 3. The van der Waals surface area contributed by atoms with E-state index in [0.29, 0.717) is 19.8 Å². The maximum absolute atomic E-state index is 11.9. The fraction of sp³-hybridized carbons (Fsp3) is 0.444. The summed E-state index contributed by atoms with van der Waals surface area (Å²) in [6.45, 7) is 7.23. The molecule has 0 saturated heterocycles. The Morgan fingerprint density at radius 1 is 0.576 bits per heavy atom. The predicted molar refractivity (Wildman–Crippen MR) is 131 cm³/mol. The molecule has 1 rings (SSSR count). The molecule has 0 unspecified atom stereocenters. The van der Waals surface area contributed by atoms with Crippen molar-refractivity contribution in [1.29, 1.82) is 0 Å². The van der Waals surface area contributed by atoms with Gasteiger partial charge in [0.25, 0.3) is 0 Å². The molecule has 0 aliphatic heterocycles. The van der Waals surface area contributed by atoms with E-state index < -0.39 is 17.9 Å². The fourth-order valence-electron chi connectivity index (χ4n) is 2.58. The Labute approximate surface area is 197 Å². The SMILES string of the molecule is CCCCOC(=O)/C=C/c1cc(/C=C/C(=O)OCCCC)cc(/C=C/C(=O)OCCCC)c1. The zero-order valence-electron chi connectivity index (χ0n) is 20.0. The molecule has 0 spiro atoms. The van der Waals surface area contributed by atoms with Crippen molar-refractivity contribution in [3.05, 3.63) is 53.1 Å². The van der Waals surface area contributed by atoms with E-state index in [1.165, 1.54) is 18.2 Å². The van der Waals surface area contributed by atoms with Crippen molar-refractivity contribution in [1.82, 2.24) is 0 Å². The smallest absolute Gasteiger partial charge is 0.330 e. The van der Waals surface area contributed by atoms with Gasteiger partial charge in [0, 0.05) is 18.2 Å². The Hall–Kier alpha value is -3.15. The van der Waals surface area contributed by atoms with Crippen LogP contribution in [0.3, 0.4) is 0 Å². The highest BCUT2D eigenvalue weighted by atomic mass is 16.5. The Bertz CT molecular complexity index is 713. The van der Waals surface area contributed by atoms with Crippen molar-refractivity contribution in [3.63, 3.8) is 0 Å². The second-order valence-corrected chi connectivity index (χ2v) is 7.50. The summed E-state index contributed by atoms with van der Waals surface area (Å²) in [5.74, 6) is -1.25. The molecule has 1 aromatic carbocycles. The number of esters is 3. The first-order valence-electron chi connectivity index (χ1n) is 11.7. The summed E-state index contributed by atoms with van der Waals surface area (Å²) in [4.78, 5) is 35.6. The summed E-state index contributed by atoms with van der Waals surface area (Å²) in [5.41, 5.74) is 2.17. The molecule has 0 aliphatic rings. The van der Waals surface area contributed by atoms with E-state index in [4.69, 9.17) is 14.2 Å². The predicted octanol–water partition coefficient (Wildman–Crippen LogP) is 5.76. The lowest BCUT2D eigenvalue weighted by atomic mass is 10.0. The molecule has 0 amide bonds. The van der Waals surface area contributed by atoms with Gasteiger partial charge in [-0.3, -0.25) is 0 Å². The molecule has 0 N–H and O–H groups in total. The Morgan fingerprint density at radius 3 is 1.09 bits per heavy atom. The van der Waals surface area contributed by atoms with Gasteiger partial charge in [-0.2, -0.15) is 0 Å². The van der Waals surface area contributed by atoms with Crippen molar-refractivity contribution >= 4 is 36.1 Å². The summed E-state index contributed by atoms with van der Waals surface area (Å²) >= 11 is 0. The number of carbonyl (C=O) groups is 3. The van der Waals surface area contributed by atoms with Crippen LogP contribution in [0, 0.1) is 0 Å². The van der Waals surface area contributed by atoms with E-state index in [1.807, 2.05) is 39.0 Å². The third kappa shape index (κ3) is 13.8. The highest BCUT2D eigenvalue weighted by Gasteiger charge is 2.02. The van der Waals surface area contributed by atoms with Crippen LogP contribution >= 0.6 is 0 Å². The summed E-state index contributed by atoms with van der Waals surface area (Å²) < 4.78 is 15.4. The molecule has 0 aliphatic carbocycles. The number of benzene rings is 1. The van der Waals surface area contributed by atoms with Crippen LogP contribution in [0.15, 0.2) is 36.4 Å². The number of unbranched alkanes of at least 4 members (excludes halogenated alkanes) is 3. The van der Waals surface area contributed by atoms with Gasteiger partial charge in [-0.15, -0.1) is 0 Å². The van der Waals surface area contributed by atoms with E-state index >= 15 is 0 Å². The van der Waals surface area contributed by atoms with Gasteiger partial charge in [0.15, 0.2) is 0 Å². The van der Waals surface area contributed by atoms with Crippen molar-refractivity contribution in [2.45, 2.75) is 59.3 Å². The number of rotatable bonds is 15. The van der Waals surface area contributed by atoms with Gasteiger partial charge in [-0.05, 0) is 72.4 Å². The lowest BCUT2D eigenvalue weighted by molar-refractivity contribution is -0.138. The first kappa shape index (κ1) is 27.9. The van der Waals surface area contributed by atoms with Crippen molar-refractivity contribution in [2.75, 3.05) is 19.8 Å². The van der Waals surface area contributed by atoms with Crippen molar-refractivity contribution < 1.29 is 28.6 Å². The molecule has 0 saturated carbocycles. The lowest BCUT2D eigenvalue weighted by Crippen LogP contribution is -2.02.